The number of hydrogen-bond acceptors (Lipinski definition) is 4. The van der Waals surface area contributed by atoms with E-state index in [1.54, 1.807) is 25.3 Å². The second kappa shape index (κ2) is 10.3. The fraction of sp³-hybridized carbons (Fsp3) is 0.381. The van der Waals surface area contributed by atoms with Gasteiger partial charge in [0.05, 0.1) is 19.4 Å². The molecule has 2 aromatic rings. The van der Waals surface area contributed by atoms with Crippen LogP contribution in [0.3, 0.4) is 0 Å². The van der Waals surface area contributed by atoms with Crippen LogP contribution in [0.2, 0.25) is 0 Å². The summed E-state index contributed by atoms with van der Waals surface area (Å²) in [5.41, 5.74) is 1.59. The van der Waals surface area contributed by atoms with Crippen LogP contribution in [-0.2, 0) is 6.42 Å². The quantitative estimate of drug-likeness (QED) is 0.725. The van der Waals surface area contributed by atoms with E-state index in [9.17, 15) is 9.18 Å². The maximum Gasteiger partial charge on any atom is 0.255 e. The highest BCUT2D eigenvalue weighted by molar-refractivity contribution is 6.04. The average Bonchev–Trinajstić information content (AvgIpc) is 3.17. The lowest BCUT2D eigenvalue weighted by Crippen LogP contribution is -2.15. The molecule has 1 atom stereocenters. The van der Waals surface area contributed by atoms with Crippen molar-refractivity contribution >= 4 is 24.0 Å². The number of halogens is 2. The zero-order chi connectivity index (χ0) is 19.2. The molecule has 1 aliphatic rings. The van der Waals surface area contributed by atoms with E-state index in [1.165, 1.54) is 12.1 Å². The van der Waals surface area contributed by atoms with Crippen molar-refractivity contribution in [1.82, 2.24) is 5.32 Å². The summed E-state index contributed by atoms with van der Waals surface area (Å²) >= 11 is 0. The molecule has 3 rings (SSSR count). The number of carbonyl (C=O) groups is 1. The Morgan fingerprint density at radius 2 is 2.11 bits per heavy atom. The average molecular weight is 409 g/mol. The van der Waals surface area contributed by atoms with Gasteiger partial charge in [0.25, 0.3) is 5.91 Å². The number of carbonyl (C=O) groups excluding carboxylic acids is 1. The Morgan fingerprint density at radius 1 is 1.29 bits per heavy atom. The lowest BCUT2D eigenvalue weighted by molar-refractivity contribution is 0.102. The molecule has 0 aliphatic carbocycles. The van der Waals surface area contributed by atoms with Crippen molar-refractivity contribution in [2.45, 2.75) is 19.8 Å². The second-order valence-electron chi connectivity index (χ2n) is 6.62. The van der Waals surface area contributed by atoms with Gasteiger partial charge in [-0.3, -0.25) is 4.79 Å². The highest BCUT2D eigenvalue weighted by Crippen LogP contribution is 2.26. The van der Waals surface area contributed by atoms with Gasteiger partial charge in [0.1, 0.15) is 17.3 Å². The monoisotopic (exact) mass is 408 g/mol. The molecule has 152 valence electrons. The van der Waals surface area contributed by atoms with E-state index >= 15 is 0 Å². The van der Waals surface area contributed by atoms with Gasteiger partial charge in [-0.2, -0.15) is 0 Å². The summed E-state index contributed by atoms with van der Waals surface area (Å²) in [6, 6.07) is 9.73. The fourth-order valence-corrected chi connectivity index (χ4v) is 3.33. The minimum Gasteiger partial charge on any atom is -0.496 e. The van der Waals surface area contributed by atoms with Gasteiger partial charge in [-0.15, -0.1) is 12.4 Å². The van der Waals surface area contributed by atoms with Gasteiger partial charge in [0.15, 0.2) is 0 Å². The number of anilines is 1. The smallest absolute Gasteiger partial charge is 0.255 e. The summed E-state index contributed by atoms with van der Waals surface area (Å²) in [5, 5.41) is 5.98. The van der Waals surface area contributed by atoms with E-state index in [4.69, 9.17) is 9.47 Å². The van der Waals surface area contributed by atoms with Crippen molar-refractivity contribution in [3.63, 3.8) is 0 Å². The molecule has 7 heteroatoms. The topological polar surface area (TPSA) is 59.6 Å². The molecule has 1 aliphatic heterocycles. The zero-order valence-corrected chi connectivity index (χ0v) is 16.9. The number of nitrogens with one attached hydrogen (secondary N) is 2. The SMILES string of the molecule is CCOc1ccc(NC(=O)c2ccc(OC)c(CC3CCNC3)c2)c(F)c1.Cl. The lowest BCUT2D eigenvalue weighted by atomic mass is 9.96. The highest BCUT2D eigenvalue weighted by atomic mass is 35.5. The molecule has 1 heterocycles. The van der Waals surface area contributed by atoms with Gasteiger partial charge in [-0.05, 0) is 74.7 Å². The molecular formula is C21H26ClFN2O3. The van der Waals surface area contributed by atoms with E-state index in [1.807, 2.05) is 13.0 Å². The molecule has 1 amide bonds. The maximum atomic E-state index is 14.2. The molecule has 5 nitrogen and oxygen atoms in total. The predicted molar refractivity (Wildman–Crippen MR) is 110 cm³/mol. The molecule has 0 saturated carbocycles. The predicted octanol–water partition coefficient (Wildman–Crippen LogP) is 4.06. The Bertz CT molecular complexity index is 810. The first-order chi connectivity index (χ1) is 13.1. The summed E-state index contributed by atoms with van der Waals surface area (Å²) in [5.74, 6) is 0.850. The molecule has 0 radical (unpaired) electrons. The number of hydrogen-bond donors (Lipinski definition) is 2. The maximum absolute atomic E-state index is 14.2. The molecule has 28 heavy (non-hydrogen) atoms. The molecule has 1 saturated heterocycles. The van der Waals surface area contributed by atoms with Crippen LogP contribution in [0, 0.1) is 11.7 Å². The zero-order valence-electron chi connectivity index (χ0n) is 16.1. The van der Waals surface area contributed by atoms with E-state index in [-0.39, 0.29) is 24.0 Å². The Hall–Kier alpha value is -2.31. The molecule has 0 spiro atoms. The fourth-order valence-electron chi connectivity index (χ4n) is 3.33. The first-order valence-electron chi connectivity index (χ1n) is 9.22. The third-order valence-electron chi connectivity index (χ3n) is 4.71. The summed E-state index contributed by atoms with van der Waals surface area (Å²) in [6.07, 6.45) is 1.95. The van der Waals surface area contributed by atoms with Crippen molar-refractivity contribution in [2.75, 3.05) is 32.1 Å². The Morgan fingerprint density at radius 3 is 2.75 bits per heavy atom. The molecule has 0 aromatic heterocycles. The van der Waals surface area contributed by atoms with Gasteiger partial charge >= 0.3 is 0 Å². The lowest BCUT2D eigenvalue weighted by Gasteiger charge is -2.14. The first kappa shape index (κ1) is 22.0. The number of ether oxygens (including phenoxy) is 2. The third kappa shape index (κ3) is 5.36. The minimum absolute atomic E-state index is 0. The van der Waals surface area contributed by atoms with Gasteiger partial charge in [0.2, 0.25) is 0 Å². The third-order valence-corrected chi connectivity index (χ3v) is 4.71. The van der Waals surface area contributed by atoms with Crippen molar-refractivity contribution in [2.24, 2.45) is 5.92 Å². The summed E-state index contributed by atoms with van der Waals surface area (Å²) in [6.45, 7) is 4.27. The van der Waals surface area contributed by atoms with E-state index in [0.717, 1.165) is 37.2 Å². The molecule has 1 fully saturated rings. The van der Waals surface area contributed by atoms with Crippen molar-refractivity contribution in [3.8, 4) is 11.5 Å². The highest BCUT2D eigenvalue weighted by Gasteiger charge is 2.19. The minimum atomic E-state index is -0.528. The van der Waals surface area contributed by atoms with Crippen LogP contribution in [0.5, 0.6) is 11.5 Å². The van der Waals surface area contributed by atoms with Crippen LogP contribution in [0.25, 0.3) is 0 Å². The van der Waals surface area contributed by atoms with Gasteiger partial charge in [0, 0.05) is 11.6 Å². The Kier molecular flexibility index (Phi) is 8.08. The van der Waals surface area contributed by atoms with Gasteiger partial charge in [-0.1, -0.05) is 0 Å². The summed E-state index contributed by atoms with van der Waals surface area (Å²) < 4.78 is 24.9. The van der Waals surface area contributed by atoms with Crippen molar-refractivity contribution in [3.05, 3.63) is 53.3 Å². The number of amides is 1. The number of methoxy groups -OCH3 is 1. The van der Waals surface area contributed by atoms with E-state index in [0.29, 0.717) is 23.8 Å². The Labute approximate surface area is 171 Å². The largest absolute Gasteiger partial charge is 0.496 e. The number of benzene rings is 2. The Balaban J connectivity index is 0.00000280. The second-order valence-corrected chi connectivity index (χ2v) is 6.62. The van der Waals surface area contributed by atoms with E-state index in [2.05, 4.69) is 10.6 Å². The van der Waals surface area contributed by atoms with Crippen LogP contribution in [0.1, 0.15) is 29.3 Å². The molecule has 1 unspecified atom stereocenters. The number of rotatable bonds is 7. The van der Waals surface area contributed by atoms with Crippen molar-refractivity contribution in [1.29, 1.82) is 0 Å². The summed E-state index contributed by atoms with van der Waals surface area (Å²) in [4.78, 5) is 12.6. The van der Waals surface area contributed by atoms with Crippen LogP contribution in [0.4, 0.5) is 10.1 Å². The normalized spacial score (nSPS) is 15.6. The summed E-state index contributed by atoms with van der Waals surface area (Å²) in [7, 11) is 1.63. The van der Waals surface area contributed by atoms with Crippen LogP contribution in [0.15, 0.2) is 36.4 Å². The molecule has 0 bridgehead atoms. The molecule has 2 N–H and O–H groups in total. The van der Waals surface area contributed by atoms with Crippen LogP contribution in [-0.4, -0.2) is 32.7 Å². The van der Waals surface area contributed by atoms with Gasteiger partial charge in [-0.25, -0.2) is 4.39 Å². The van der Waals surface area contributed by atoms with Crippen LogP contribution < -0.4 is 20.1 Å². The molecule has 2 aromatic carbocycles. The van der Waals surface area contributed by atoms with Gasteiger partial charge < -0.3 is 20.1 Å². The van der Waals surface area contributed by atoms with Crippen LogP contribution >= 0.6 is 12.4 Å². The standard InChI is InChI=1S/C21H25FN2O3.ClH/c1-3-27-17-5-6-19(18(22)12-17)24-21(25)15-4-7-20(26-2)16(11-15)10-14-8-9-23-13-14;/h4-7,11-12,14,23H,3,8-10,13H2,1-2H3,(H,24,25);1H. The van der Waals surface area contributed by atoms with Crippen molar-refractivity contribution < 1.29 is 18.7 Å². The molecular weight excluding hydrogens is 383 g/mol. The van der Waals surface area contributed by atoms with E-state index < -0.39 is 5.82 Å². The first-order valence-corrected chi connectivity index (χ1v) is 9.22.